The van der Waals surface area contributed by atoms with Crippen LogP contribution in [0.25, 0.3) is 0 Å². The Morgan fingerprint density at radius 2 is 1.80 bits per heavy atom. The summed E-state index contributed by atoms with van der Waals surface area (Å²) in [6.45, 7) is 2.19. The first kappa shape index (κ1) is 19.5. The summed E-state index contributed by atoms with van der Waals surface area (Å²) in [5.41, 5.74) is 3.18. The minimum absolute atomic E-state index is 0.0393. The number of nitrogens with zero attached hydrogens (tertiary/aromatic N) is 1. The number of hydrogen-bond acceptors (Lipinski definition) is 4. The zero-order valence-electron chi connectivity index (χ0n) is 17.1. The molecule has 5 heteroatoms. The van der Waals surface area contributed by atoms with Crippen LogP contribution in [-0.2, 0) is 17.6 Å². The Morgan fingerprint density at radius 3 is 2.53 bits per heavy atom. The predicted molar refractivity (Wildman–Crippen MR) is 115 cm³/mol. The van der Waals surface area contributed by atoms with Crippen molar-refractivity contribution in [3.63, 3.8) is 0 Å². The number of aliphatic hydroxyl groups is 1. The van der Waals surface area contributed by atoms with Gasteiger partial charge in [-0.15, -0.1) is 0 Å². The number of carbonyl (C=O) groups is 2. The Morgan fingerprint density at radius 1 is 1.07 bits per heavy atom. The van der Waals surface area contributed by atoms with Crippen molar-refractivity contribution in [1.82, 2.24) is 4.90 Å². The summed E-state index contributed by atoms with van der Waals surface area (Å²) >= 11 is 0. The Balaban J connectivity index is 1.18. The predicted octanol–water partition coefficient (Wildman–Crippen LogP) is 3.07. The molecule has 1 amide bonds. The highest BCUT2D eigenvalue weighted by Crippen LogP contribution is 2.45. The van der Waals surface area contributed by atoms with E-state index >= 15 is 0 Å². The molecule has 0 radical (unpaired) electrons. The van der Waals surface area contributed by atoms with Gasteiger partial charge in [0.15, 0.2) is 5.78 Å². The fraction of sp³-hybridized carbons (Fsp3) is 0.440. The Labute approximate surface area is 177 Å². The van der Waals surface area contributed by atoms with Crippen LogP contribution in [0.5, 0.6) is 0 Å². The Kier molecular flexibility index (Phi) is 4.95. The van der Waals surface area contributed by atoms with E-state index in [1.165, 1.54) is 5.56 Å². The number of fused-ring (bicyclic) bond motifs is 2. The van der Waals surface area contributed by atoms with Crippen LogP contribution in [-0.4, -0.2) is 46.9 Å². The van der Waals surface area contributed by atoms with Crippen molar-refractivity contribution >= 4 is 17.4 Å². The third kappa shape index (κ3) is 3.92. The molecule has 0 unspecified atom stereocenters. The van der Waals surface area contributed by atoms with Gasteiger partial charge < -0.3 is 10.4 Å². The van der Waals surface area contributed by atoms with E-state index in [0.717, 1.165) is 42.7 Å². The number of aryl methyl sites for hydroxylation is 1. The summed E-state index contributed by atoms with van der Waals surface area (Å²) in [5, 5.41) is 14.0. The average molecular weight is 405 g/mol. The second-order valence-corrected chi connectivity index (χ2v) is 9.35. The van der Waals surface area contributed by atoms with Crippen LogP contribution >= 0.6 is 0 Å². The molecule has 2 aromatic rings. The van der Waals surface area contributed by atoms with E-state index in [1.54, 1.807) is 0 Å². The zero-order chi connectivity index (χ0) is 20.7. The SMILES string of the molecule is O=C1CCc2cc(C(=O)CN3C[C@@H]4C[C@@](O)(Cc5ccccc5)C[C@@H]4C3)ccc2N1. The van der Waals surface area contributed by atoms with Gasteiger partial charge in [0.2, 0.25) is 5.91 Å². The summed E-state index contributed by atoms with van der Waals surface area (Å²) < 4.78 is 0. The second-order valence-electron chi connectivity index (χ2n) is 9.35. The van der Waals surface area contributed by atoms with Gasteiger partial charge in [0.25, 0.3) is 0 Å². The number of carbonyl (C=O) groups excluding carboxylic acids is 2. The van der Waals surface area contributed by atoms with Crippen molar-refractivity contribution in [3.05, 3.63) is 65.2 Å². The first-order chi connectivity index (χ1) is 14.5. The number of rotatable bonds is 5. The molecule has 30 heavy (non-hydrogen) atoms. The van der Waals surface area contributed by atoms with E-state index in [1.807, 2.05) is 36.4 Å². The lowest BCUT2D eigenvalue weighted by atomic mass is 9.91. The Hall–Kier alpha value is -2.50. The number of anilines is 1. The molecule has 3 atom stereocenters. The lowest BCUT2D eigenvalue weighted by Crippen LogP contribution is -2.34. The van der Waals surface area contributed by atoms with Crippen molar-refractivity contribution in [2.24, 2.45) is 11.8 Å². The van der Waals surface area contributed by atoms with Crippen molar-refractivity contribution in [2.45, 2.75) is 37.7 Å². The fourth-order valence-corrected chi connectivity index (χ4v) is 5.66. The van der Waals surface area contributed by atoms with Gasteiger partial charge in [0, 0.05) is 37.2 Å². The summed E-state index contributed by atoms with van der Waals surface area (Å²) in [4.78, 5) is 26.6. The third-order valence-electron chi connectivity index (χ3n) is 7.00. The number of Topliss-reactive ketones (excluding diaryl/α,β-unsaturated/α-hetero) is 1. The van der Waals surface area contributed by atoms with Crippen LogP contribution in [0.4, 0.5) is 5.69 Å². The topological polar surface area (TPSA) is 69.6 Å². The molecule has 0 bridgehead atoms. The van der Waals surface area contributed by atoms with Crippen LogP contribution in [0.3, 0.4) is 0 Å². The van der Waals surface area contributed by atoms with E-state index < -0.39 is 5.60 Å². The molecule has 5 nitrogen and oxygen atoms in total. The van der Waals surface area contributed by atoms with Crippen LogP contribution in [0.15, 0.2) is 48.5 Å². The summed E-state index contributed by atoms with van der Waals surface area (Å²) in [5.74, 6) is 1.10. The molecule has 3 aliphatic rings. The molecule has 2 aromatic carbocycles. The Bertz CT molecular complexity index is 958. The van der Waals surface area contributed by atoms with Crippen molar-refractivity contribution < 1.29 is 14.7 Å². The second kappa shape index (κ2) is 7.64. The van der Waals surface area contributed by atoms with E-state index in [9.17, 15) is 14.7 Å². The van der Waals surface area contributed by atoms with Crippen molar-refractivity contribution in [2.75, 3.05) is 25.0 Å². The average Bonchev–Trinajstić information content (AvgIpc) is 3.21. The minimum Gasteiger partial charge on any atom is -0.390 e. The molecule has 1 aliphatic carbocycles. The van der Waals surface area contributed by atoms with Gasteiger partial charge in [-0.3, -0.25) is 14.5 Å². The number of hydrogen-bond donors (Lipinski definition) is 2. The van der Waals surface area contributed by atoms with Gasteiger partial charge in [-0.25, -0.2) is 0 Å². The first-order valence-electron chi connectivity index (χ1n) is 10.9. The van der Waals surface area contributed by atoms with Gasteiger partial charge >= 0.3 is 0 Å². The number of nitrogens with one attached hydrogen (secondary N) is 1. The molecule has 156 valence electrons. The van der Waals surface area contributed by atoms with Gasteiger partial charge in [-0.2, -0.15) is 0 Å². The summed E-state index contributed by atoms with van der Waals surface area (Å²) in [6, 6.07) is 15.8. The zero-order valence-corrected chi connectivity index (χ0v) is 17.1. The smallest absolute Gasteiger partial charge is 0.224 e. The number of amides is 1. The molecule has 2 N–H and O–H groups in total. The standard InChI is InChI=1S/C25H28N2O3/c28-23(19-6-8-22-18(10-19)7-9-24(29)26-22)16-27-14-20-12-25(30,13-21(20)15-27)11-17-4-2-1-3-5-17/h1-6,8,10,20-21,30H,7,9,11-16H2,(H,26,29)/t20-,21+,25-. The van der Waals surface area contributed by atoms with Crippen LogP contribution in [0.1, 0.15) is 40.7 Å². The van der Waals surface area contributed by atoms with Crippen LogP contribution in [0.2, 0.25) is 0 Å². The molecule has 0 spiro atoms. The summed E-state index contributed by atoms with van der Waals surface area (Å²) in [6.07, 6.45) is 3.51. The highest BCUT2D eigenvalue weighted by atomic mass is 16.3. The van der Waals surface area contributed by atoms with E-state index in [4.69, 9.17) is 0 Å². The molecular weight excluding hydrogens is 376 g/mol. The van der Waals surface area contributed by atoms with E-state index in [-0.39, 0.29) is 11.7 Å². The maximum Gasteiger partial charge on any atom is 0.224 e. The maximum absolute atomic E-state index is 12.9. The highest BCUT2D eigenvalue weighted by Gasteiger charge is 2.48. The number of likely N-dealkylation sites (tertiary alicyclic amines) is 1. The lowest BCUT2D eigenvalue weighted by Gasteiger charge is -2.26. The van der Waals surface area contributed by atoms with E-state index in [0.29, 0.717) is 37.6 Å². The maximum atomic E-state index is 12.9. The normalized spacial score (nSPS) is 28.1. The van der Waals surface area contributed by atoms with Crippen molar-refractivity contribution in [3.8, 4) is 0 Å². The molecule has 2 fully saturated rings. The lowest BCUT2D eigenvalue weighted by molar-refractivity contribution is -0.116. The molecule has 5 rings (SSSR count). The molecule has 0 aromatic heterocycles. The quantitative estimate of drug-likeness (QED) is 0.752. The minimum atomic E-state index is -0.615. The van der Waals surface area contributed by atoms with Gasteiger partial charge in [0.05, 0.1) is 12.1 Å². The van der Waals surface area contributed by atoms with Gasteiger partial charge in [-0.1, -0.05) is 30.3 Å². The van der Waals surface area contributed by atoms with Gasteiger partial charge in [-0.05, 0) is 60.4 Å². The monoisotopic (exact) mass is 404 g/mol. The van der Waals surface area contributed by atoms with E-state index in [2.05, 4.69) is 22.3 Å². The number of benzene rings is 2. The molecule has 2 aliphatic heterocycles. The molecule has 1 saturated heterocycles. The third-order valence-corrected chi connectivity index (χ3v) is 7.00. The fourth-order valence-electron chi connectivity index (χ4n) is 5.66. The van der Waals surface area contributed by atoms with Crippen LogP contribution in [0, 0.1) is 11.8 Å². The molecule has 2 heterocycles. The van der Waals surface area contributed by atoms with Crippen molar-refractivity contribution in [1.29, 1.82) is 0 Å². The molecule has 1 saturated carbocycles. The summed E-state index contributed by atoms with van der Waals surface area (Å²) in [7, 11) is 0. The first-order valence-corrected chi connectivity index (χ1v) is 10.9. The van der Waals surface area contributed by atoms with Crippen LogP contribution < -0.4 is 5.32 Å². The largest absolute Gasteiger partial charge is 0.390 e. The highest BCUT2D eigenvalue weighted by molar-refractivity contribution is 6.00. The molecular formula is C25H28N2O3. The van der Waals surface area contributed by atoms with Gasteiger partial charge in [0.1, 0.15) is 0 Å². The number of ketones is 1.